The third kappa shape index (κ3) is 3.91. The highest BCUT2D eigenvalue weighted by Crippen LogP contribution is 2.18. The molecule has 2 N–H and O–H groups in total. The molecule has 0 atom stereocenters. The van der Waals surface area contributed by atoms with Crippen LogP contribution < -0.4 is 5.32 Å². The van der Waals surface area contributed by atoms with Crippen molar-refractivity contribution in [1.29, 1.82) is 0 Å². The van der Waals surface area contributed by atoms with Gasteiger partial charge >= 0.3 is 0 Å². The summed E-state index contributed by atoms with van der Waals surface area (Å²) in [5.74, 6) is -1.96. The molecule has 0 aliphatic heterocycles. The lowest BCUT2D eigenvalue weighted by molar-refractivity contribution is 0.0946. The van der Waals surface area contributed by atoms with Crippen molar-refractivity contribution >= 4 is 16.9 Å². The number of carbonyl (C=O) groups is 1. The van der Waals surface area contributed by atoms with Gasteiger partial charge in [0.15, 0.2) is 11.6 Å². The third-order valence-corrected chi connectivity index (χ3v) is 4.46. The summed E-state index contributed by atoms with van der Waals surface area (Å²) in [6.07, 6.45) is 2.08. The lowest BCUT2D eigenvalue weighted by Crippen LogP contribution is -2.22. The molecule has 2 aromatic carbocycles. The molecular formula is C22H17F2N3O. The Bertz CT molecular complexity index is 1140. The topological polar surface area (TPSA) is 57.8 Å². The normalized spacial score (nSPS) is 10.9. The second-order valence-electron chi connectivity index (χ2n) is 6.55. The Hall–Kier alpha value is -3.54. The second kappa shape index (κ2) is 7.60. The molecule has 0 saturated heterocycles. The van der Waals surface area contributed by atoms with Crippen LogP contribution in [0.3, 0.4) is 0 Å². The smallest absolute Gasteiger partial charge is 0.268 e. The fourth-order valence-corrected chi connectivity index (χ4v) is 3.03. The molecule has 2 aromatic heterocycles. The summed E-state index contributed by atoms with van der Waals surface area (Å²) in [4.78, 5) is 19.8. The minimum absolute atomic E-state index is 0.219. The quantitative estimate of drug-likeness (QED) is 0.543. The Morgan fingerprint density at radius 2 is 1.75 bits per heavy atom. The molecule has 28 heavy (non-hydrogen) atoms. The van der Waals surface area contributed by atoms with Crippen LogP contribution in [-0.2, 0) is 13.0 Å². The number of pyridine rings is 1. The van der Waals surface area contributed by atoms with E-state index < -0.39 is 11.6 Å². The fraction of sp³-hybridized carbons (Fsp3) is 0.0909. The number of nitrogens with zero attached hydrogens (tertiary/aromatic N) is 1. The highest BCUT2D eigenvalue weighted by atomic mass is 19.2. The molecule has 140 valence electrons. The lowest BCUT2D eigenvalue weighted by Gasteiger charge is -2.03. The molecule has 0 aliphatic rings. The Morgan fingerprint density at radius 1 is 0.929 bits per heavy atom. The predicted octanol–water partition coefficient (Wildman–Crippen LogP) is 4.36. The zero-order valence-electron chi connectivity index (χ0n) is 14.9. The molecule has 1 amide bonds. The van der Waals surface area contributed by atoms with Crippen LogP contribution in [0.2, 0.25) is 0 Å². The lowest BCUT2D eigenvalue weighted by atomic mass is 10.1. The van der Waals surface area contributed by atoms with Crippen molar-refractivity contribution < 1.29 is 13.6 Å². The van der Waals surface area contributed by atoms with E-state index in [0.717, 1.165) is 17.2 Å². The summed E-state index contributed by atoms with van der Waals surface area (Å²) < 4.78 is 26.4. The van der Waals surface area contributed by atoms with Crippen LogP contribution in [0.4, 0.5) is 8.78 Å². The number of nitrogens with one attached hydrogen (secondary N) is 2. The Morgan fingerprint density at radius 3 is 2.54 bits per heavy atom. The average molecular weight is 377 g/mol. The Balaban J connectivity index is 1.49. The number of carbonyl (C=O) groups excluding carboxylic acids is 1. The second-order valence-corrected chi connectivity index (χ2v) is 6.55. The van der Waals surface area contributed by atoms with Gasteiger partial charge in [-0.3, -0.25) is 9.78 Å². The minimum atomic E-state index is -0.871. The maximum absolute atomic E-state index is 13.4. The maximum atomic E-state index is 13.4. The number of hydrogen-bond acceptors (Lipinski definition) is 2. The number of fused-ring (bicyclic) bond motifs is 1. The number of H-pyrrole nitrogens is 1. The molecule has 0 aliphatic carbocycles. The summed E-state index contributed by atoms with van der Waals surface area (Å²) in [6, 6.07) is 17.0. The van der Waals surface area contributed by atoms with Gasteiger partial charge in [0.05, 0.1) is 11.0 Å². The molecule has 0 radical (unpaired) electrons. The van der Waals surface area contributed by atoms with Gasteiger partial charge in [0.25, 0.3) is 5.91 Å². The molecular weight excluding hydrogens is 360 g/mol. The number of halogens is 2. The van der Waals surface area contributed by atoms with E-state index in [9.17, 15) is 13.6 Å². The molecule has 4 nitrogen and oxygen atoms in total. The Labute approximate surface area is 160 Å². The summed E-state index contributed by atoms with van der Waals surface area (Å²) in [6.45, 7) is 0.434. The Kier molecular flexibility index (Phi) is 4.85. The van der Waals surface area contributed by atoms with Crippen molar-refractivity contribution in [2.75, 3.05) is 0 Å². The van der Waals surface area contributed by atoms with E-state index >= 15 is 0 Å². The number of benzene rings is 2. The van der Waals surface area contributed by atoms with Crippen LogP contribution in [0.1, 0.15) is 27.2 Å². The first-order chi connectivity index (χ1) is 13.6. The fourth-order valence-electron chi connectivity index (χ4n) is 3.03. The largest absolute Gasteiger partial charge is 0.349 e. The van der Waals surface area contributed by atoms with E-state index in [0.29, 0.717) is 35.3 Å². The standard InChI is InChI=1S/C22H17F2N3O/c23-17-7-6-15(9-18(17)24)8-16-10-20-19(25-13-16)11-21(27-20)22(28)26-12-14-4-2-1-3-5-14/h1-7,9-11,13,27H,8,12H2,(H,26,28). The number of hydrogen-bond donors (Lipinski definition) is 2. The monoisotopic (exact) mass is 377 g/mol. The molecule has 4 aromatic rings. The summed E-state index contributed by atoms with van der Waals surface area (Å²) >= 11 is 0. The first-order valence-electron chi connectivity index (χ1n) is 8.82. The maximum Gasteiger partial charge on any atom is 0.268 e. The van der Waals surface area contributed by atoms with E-state index in [2.05, 4.69) is 15.3 Å². The van der Waals surface area contributed by atoms with E-state index in [1.165, 1.54) is 6.07 Å². The number of aromatic amines is 1. The first kappa shape index (κ1) is 17.9. The number of aromatic nitrogens is 2. The van der Waals surface area contributed by atoms with Crippen LogP contribution in [0.5, 0.6) is 0 Å². The van der Waals surface area contributed by atoms with Gasteiger partial charge in [-0.15, -0.1) is 0 Å². The summed E-state index contributed by atoms with van der Waals surface area (Å²) in [5, 5.41) is 2.87. The van der Waals surface area contributed by atoms with Crippen molar-refractivity contribution in [3.8, 4) is 0 Å². The molecule has 0 fully saturated rings. The summed E-state index contributed by atoms with van der Waals surface area (Å²) in [5.41, 5.74) is 4.29. The molecule has 0 spiro atoms. The van der Waals surface area contributed by atoms with Crippen molar-refractivity contribution in [2.24, 2.45) is 0 Å². The minimum Gasteiger partial charge on any atom is -0.349 e. The average Bonchev–Trinajstić information content (AvgIpc) is 3.13. The molecule has 4 rings (SSSR count). The molecule has 0 bridgehead atoms. The SMILES string of the molecule is O=C(NCc1ccccc1)c1cc2ncc(Cc3ccc(F)c(F)c3)cc2[nH]1. The van der Waals surface area contributed by atoms with Crippen LogP contribution in [0.25, 0.3) is 11.0 Å². The number of rotatable bonds is 5. The van der Waals surface area contributed by atoms with E-state index in [1.54, 1.807) is 18.3 Å². The van der Waals surface area contributed by atoms with E-state index in [1.807, 2.05) is 36.4 Å². The van der Waals surface area contributed by atoms with E-state index in [-0.39, 0.29) is 5.91 Å². The van der Waals surface area contributed by atoms with Crippen LogP contribution >= 0.6 is 0 Å². The summed E-state index contributed by atoms with van der Waals surface area (Å²) in [7, 11) is 0. The number of amides is 1. The zero-order valence-corrected chi connectivity index (χ0v) is 14.9. The molecule has 6 heteroatoms. The van der Waals surface area contributed by atoms with Crippen LogP contribution in [0.15, 0.2) is 66.9 Å². The van der Waals surface area contributed by atoms with Gasteiger partial charge < -0.3 is 10.3 Å². The van der Waals surface area contributed by atoms with Crippen LogP contribution in [0, 0.1) is 11.6 Å². The first-order valence-corrected chi connectivity index (χ1v) is 8.82. The highest BCUT2D eigenvalue weighted by Gasteiger charge is 2.11. The van der Waals surface area contributed by atoms with E-state index in [4.69, 9.17) is 0 Å². The van der Waals surface area contributed by atoms with Gasteiger partial charge in [0.1, 0.15) is 5.69 Å². The van der Waals surface area contributed by atoms with Gasteiger partial charge in [-0.05, 0) is 47.4 Å². The van der Waals surface area contributed by atoms with Crippen molar-refractivity contribution in [3.63, 3.8) is 0 Å². The van der Waals surface area contributed by atoms with Crippen molar-refractivity contribution in [2.45, 2.75) is 13.0 Å². The van der Waals surface area contributed by atoms with Crippen LogP contribution in [-0.4, -0.2) is 15.9 Å². The van der Waals surface area contributed by atoms with Gasteiger partial charge in [-0.25, -0.2) is 8.78 Å². The van der Waals surface area contributed by atoms with Crippen molar-refractivity contribution in [1.82, 2.24) is 15.3 Å². The van der Waals surface area contributed by atoms with Gasteiger partial charge in [0, 0.05) is 12.7 Å². The van der Waals surface area contributed by atoms with Gasteiger partial charge in [0.2, 0.25) is 0 Å². The molecule has 0 saturated carbocycles. The highest BCUT2D eigenvalue weighted by molar-refractivity contribution is 5.97. The van der Waals surface area contributed by atoms with Gasteiger partial charge in [-0.1, -0.05) is 36.4 Å². The van der Waals surface area contributed by atoms with Gasteiger partial charge in [-0.2, -0.15) is 0 Å². The molecule has 2 heterocycles. The zero-order chi connectivity index (χ0) is 19.5. The molecule has 0 unspecified atom stereocenters. The predicted molar refractivity (Wildman–Crippen MR) is 103 cm³/mol. The van der Waals surface area contributed by atoms with Crippen molar-refractivity contribution in [3.05, 3.63) is 101 Å². The third-order valence-electron chi connectivity index (χ3n) is 4.46.